The molecule has 0 aromatic heterocycles. The van der Waals surface area contributed by atoms with Crippen molar-refractivity contribution in [2.75, 3.05) is 51.4 Å². The van der Waals surface area contributed by atoms with Gasteiger partial charge in [-0.1, -0.05) is 0 Å². The summed E-state index contributed by atoms with van der Waals surface area (Å²) in [5, 5.41) is 8.83. The maximum Gasteiger partial charge on any atom is 0.253 e. The van der Waals surface area contributed by atoms with Gasteiger partial charge in [0.1, 0.15) is 0 Å². The van der Waals surface area contributed by atoms with Crippen molar-refractivity contribution in [1.82, 2.24) is 4.90 Å². The minimum atomic E-state index is -0.0671. The van der Waals surface area contributed by atoms with Gasteiger partial charge in [0.25, 0.3) is 5.91 Å². The number of benzene rings is 1. The Labute approximate surface area is 113 Å². The number of carbonyl (C=O) groups excluding carboxylic acids is 1. The number of amides is 1. The molecule has 0 radical (unpaired) electrons. The molecule has 1 saturated heterocycles. The van der Waals surface area contributed by atoms with Crippen molar-refractivity contribution < 1.29 is 14.6 Å². The summed E-state index contributed by atoms with van der Waals surface area (Å²) < 4.78 is 5.32. The molecule has 104 valence electrons. The highest BCUT2D eigenvalue weighted by Gasteiger charge is 2.14. The van der Waals surface area contributed by atoms with Crippen molar-refractivity contribution in [3.8, 4) is 0 Å². The number of anilines is 1. The van der Waals surface area contributed by atoms with Crippen LogP contribution in [-0.4, -0.2) is 62.4 Å². The zero-order valence-corrected chi connectivity index (χ0v) is 11.2. The molecular weight excluding hydrogens is 244 g/mol. The smallest absolute Gasteiger partial charge is 0.253 e. The second-order valence-electron chi connectivity index (χ2n) is 4.60. The number of likely N-dealkylation sites (N-methyl/N-ethyl adjacent to an activating group) is 1. The molecule has 5 heteroatoms. The second-order valence-corrected chi connectivity index (χ2v) is 4.60. The summed E-state index contributed by atoms with van der Waals surface area (Å²) in [7, 11) is 1.69. The highest BCUT2D eigenvalue weighted by Crippen LogP contribution is 2.17. The van der Waals surface area contributed by atoms with E-state index in [2.05, 4.69) is 4.90 Å². The minimum Gasteiger partial charge on any atom is -0.395 e. The van der Waals surface area contributed by atoms with Gasteiger partial charge in [0.2, 0.25) is 0 Å². The van der Waals surface area contributed by atoms with Gasteiger partial charge in [-0.3, -0.25) is 4.79 Å². The Morgan fingerprint density at radius 1 is 1.32 bits per heavy atom. The molecule has 0 bridgehead atoms. The molecule has 1 aromatic rings. The van der Waals surface area contributed by atoms with E-state index in [1.807, 2.05) is 24.3 Å². The topological polar surface area (TPSA) is 53.0 Å². The number of carbonyl (C=O) groups is 1. The fraction of sp³-hybridized carbons (Fsp3) is 0.500. The van der Waals surface area contributed by atoms with Crippen LogP contribution in [0.2, 0.25) is 0 Å². The first kappa shape index (κ1) is 13.8. The van der Waals surface area contributed by atoms with Crippen molar-refractivity contribution in [3.05, 3.63) is 29.8 Å². The molecule has 1 heterocycles. The SMILES string of the molecule is CN(CCO)C(=O)c1ccc(N2CCOCC2)cc1. The second kappa shape index (κ2) is 6.54. The van der Waals surface area contributed by atoms with Crippen LogP contribution in [0.5, 0.6) is 0 Å². The van der Waals surface area contributed by atoms with Crippen molar-refractivity contribution in [3.63, 3.8) is 0 Å². The normalized spacial score (nSPS) is 15.4. The first-order chi connectivity index (χ1) is 9.22. The third-order valence-electron chi connectivity index (χ3n) is 3.27. The Morgan fingerprint density at radius 3 is 2.53 bits per heavy atom. The summed E-state index contributed by atoms with van der Waals surface area (Å²) in [5.41, 5.74) is 1.76. The molecule has 1 N–H and O–H groups in total. The van der Waals surface area contributed by atoms with Gasteiger partial charge >= 0.3 is 0 Å². The van der Waals surface area contributed by atoms with Gasteiger partial charge in [0.15, 0.2) is 0 Å². The van der Waals surface area contributed by atoms with Crippen LogP contribution in [0.1, 0.15) is 10.4 Å². The molecule has 0 spiro atoms. The van der Waals surface area contributed by atoms with Crippen LogP contribution in [0.25, 0.3) is 0 Å². The largest absolute Gasteiger partial charge is 0.395 e. The van der Waals surface area contributed by atoms with E-state index in [9.17, 15) is 4.79 Å². The van der Waals surface area contributed by atoms with Gasteiger partial charge in [-0.15, -0.1) is 0 Å². The molecule has 1 amide bonds. The van der Waals surface area contributed by atoms with Crippen molar-refractivity contribution in [1.29, 1.82) is 0 Å². The number of ether oxygens (including phenoxy) is 1. The molecular formula is C14H20N2O3. The molecule has 19 heavy (non-hydrogen) atoms. The highest BCUT2D eigenvalue weighted by molar-refractivity contribution is 5.94. The van der Waals surface area contributed by atoms with Crippen LogP contribution in [0, 0.1) is 0 Å². The Kier molecular flexibility index (Phi) is 4.76. The van der Waals surface area contributed by atoms with Gasteiger partial charge < -0.3 is 19.6 Å². The number of nitrogens with zero attached hydrogens (tertiary/aromatic N) is 2. The minimum absolute atomic E-state index is 0.0197. The molecule has 5 nitrogen and oxygen atoms in total. The first-order valence-electron chi connectivity index (χ1n) is 6.51. The fourth-order valence-electron chi connectivity index (χ4n) is 2.11. The van der Waals surface area contributed by atoms with Gasteiger partial charge in [-0.25, -0.2) is 0 Å². The monoisotopic (exact) mass is 264 g/mol. The maximum absolute atomic E-state index is 12.0. The van der Waals surface area contributed by atoms with E-state index >= 15 is 0 Å². The van der Waals surface area contributed by atoms with Crippen LogP contribution in [-0.2, 0) is 4.74 Å². The van der Waals surface area contributed by atoms with Crippen molar-refractivity contribution >= 4 is 11.6 Å². The van der Waals surface area contributed by atoms with Crippen molar-refractivity contribution in [2.24, 2.45) is 0 Å². The van der Waals surface area contributed by atoms with Gasteiger partial charge in [0, 0.05) is 37.9 Å². The Morgan fingerprint density at radius 2 is 1.95 bits per heavy atom. The summed E-state index contributed by atoms with van der Waals surface area (Å²) in [6.45, 7) is 3.60. The number of rotatable bonds is 4. The zero-order chi connectivity index (χ0) is 13.7. The lowest BCUT2D eigenvalue weighted by Crippen LogP contribution is -2.36. The lowest BCUT2D eigenvalue weighted by atomic mass is 10.1. The maximum atomic E-state index is 12.0. The van der Waals surface area contributed by atoms with E-state index < -0.39 is 0 Å². The molecule has 0 unspecified atom stereocenters. The number of hydrogen-bond donors (Lipinski definition) is 1. The molecule has 0 saturated carbocycles. The summed E-state index contributed by atoms with van der Waals surface area (Å²) in [5.74, 6) is -0.0671. The quantitative estimate of drug-likeness (QED) is 0.864. The molecule has 1 aromatic carbocycles. The summed E-state index contributed by atoms with van der Waals surface area (Å²) in [6.07, 6.45) is 0. The van der Waals surface area contributed by atoms with Gasteiger partial charge in [-0.2, -0.15) is 0 Å². The predicted octanol–water partition coefficient (Wildman–Crippen LogP) is 0.587. The standard InChI is InChI=1S/C14H20N2O3/c1-15(6-9-17)14(18)12-2-4-13(5-3-12)16-7-10-19-11-8-16/h2-5,17H,6-11H2,1H3. The molecule has 0 aliphatic carbocycles. The molecule has 1 fully saturated rings. The lowest BCUT2D eigenvalue weighted by molar-refractivity contribution is 0.0767. The average molecular weight is 264 g/mol. The molecule has 1 aliphatic heterocycles. The van der Waals surface area contributed by atoms with Crippen LogP contribution >= 0.6 is 0 Å². The van der Waals surface area contributed by atoms with E-state index in [0.29, 0.717) is 12.1 Å². The van der Waals surface area contributed by atoms with Gasteiger partial charge in [-0.05, 0) is 24.3 Å². The highest BCUT2D eigenvalue weighted by atomic mass is 16.5. The first-order valence-corrected chi connectivity index (χ1v) is 6.51. The zero-order valence-electron chi connectivity index (χ0n) is 11.2. The summed E-state index contributed by atoms with van der Waals surface area (Å²) >= 11 is 0. The lowest BCUT2D eigenvalue weighted by Gasteiger charge is -2.29. The number of aliphatic hydroxyl groups is 1. The predicted molar refractivity (Wildman–Crippen MR) is 73.5 cm³/mol. The number of morpholine rings is 1. The van der Waals surface area contributed by atoms with Crippen LogP contribution in [0.3, 0.4) is 0 Å². The Bertz CT molecular complexity index is 413. The van der Waals surface area contributed by atoms with E-state index in [1.54, 1.807) is 7.05 Å². The van der Waals surface area contributed by atoms with Crippen LogP contribution in [0.4, 0.5) is 5.69 Å². The third-order valence-corrected chi connectivity index (χ3v) is 3.27. The van der Waals surface area contributed by atoms with Crippen LogP contribution in [0.15, 0.2) is 24.3 Å². The number of aliphatic hydroxyl groups excluding tert-OH is 1. The Balaban J connectivity index is 2.03. The number of hydrogen-bond acceptors (Lipinski definition) is 4. The molecule has 0 atom stereocenters. The van der Waals surface area contributed by atoms with E-state index in [-0.39, 0.29) is 12.5 Å². The van der Waals surface area contributed by atoms with E-state index in [1.165, 1.54) is 4.90 Å². The molecule has 2 rings (SSSR count). The Hall–Kier alpha value is -1.59. The fourth-order valence-corrected chi connectivity index (χ4v) is 2.11. The summed E-state index contributed by atoms with van der Waals surface area (Å²) in [6, 6.07) is 7.60. The van der Waals surface area contributed by atoms with E-state index in [4.69, 9.17) is 9.84 Å². The van der Waals surface area contributed by atoms with Gasteiger partial charge in [0.05, 0.1) is 19.8 Å². The summed E-state index contributed by atoms with van der Waals surface area (Å²) in [4.78, 5) is 15.8. The van der Waals surface area contributed by atoms with Crippen molar-refractivity contribution in [2.45, 2.75) is 0 Å². The average Bonchev–Trinajstić information content (AvgIpc) is 2.48. The third kappa shape index (κ3) is 3.45. The van der Waals surface area contributed by atoms with E-state index in [0.717, 1.165) is 32.0 Å². The van der Waals surface area contributed by atoms with Crippen LogP contribution < -0.4 is 4.90 Å². The molecule has 1 aliphatic rings.